The van der Waals surface area contributed by atoms with Gasteiger partial charge >= 0.3 is 0 Å². The minimum atomic E-state index is -0.454. The molecule has 1 amide bonds. The lowest BCUT2D eigenvalue weighted by molar-refractivity contribution is -0.112. The van der Waals surface area contributed by atoms with Gasteiger partial charge in [-0.2, -0.15) is 5.26 Å². The zero-order valence-corrected chi connectivity index (χ0v) is 17.7. The molecule has 5 nitrogen and oxygen atoms in total. The van der Waals surface area contributed by atoms with Crippen molar-refractivity contribution in [2.75, 3.05) is 18.5 Å². The number of nitrogens with one attached hydrogen (secondary N) is 1. The molecule has 27 heavy (non-hydrogen) atoms. The number of hydrogen-bond acceptors (Lipinski definition) is 4. The van der Waals surface area contributed by atoms with E-state index in [-0.39, 0.29) is 5.57 Å². The Labute approximate surface area is 173 Å². The number of ether oxygens (including phenoxy) is 2. The molecule has 0 bridgehead atoms. The van der Waals surface area contributed by atoms with Gasteiger partial charge in [-0.25, -0.2) is 0 Å². The summed E-state index contributed by atoms with van der Waals surface area (Å²) in [4.78, 5) is 12.5. The molecule has 0 unspecified atom stereocenters. The quantitative estimate of drug-likeness (QED) is 0.349. The van der Waals surface area contributed by atoms with Crippen molar-refractivity contribution in [3.8, 4) is 17.6 Å². The molecule has 0 aliphatic heterocycles. The number of carbonyl (C=O) groups is 1. The standard InChI is InChI=1S/C21H21IN2O3/c1-4-26-19-12-15(11-18(22)20(19)27-5-2)10-16(13-23)21(25)24-17-8-6-7-14(3)9-17/h6-12H,4-5H2,1-3H3,(H,24,25)/b16-10-. The largest absolute Gasteiger partial charge is 0.490 e. The maximum absolute atomic E-state index is 12.5. The maximum atomic E-state index is 12.5. The van der Waals surface area contributed by atoms with Crippen LogP contribution in [-0.4, -0.2) is 19.1 Å². The molecule has 0 spiro atoms. The highest BCUT2D eigenvalue weighted by Crippen LogP contribution is 2.35. The summed E-state index contributed by atoms with van der Waals surface area (Å²) in [6.45, 7) is 6.74. The van der Waals surface area contributed by atoms with Crippen molar-refractivity contribution in [2.24, 2.45) is 0 Å². The molecule has 0 aromatic heterocycles. The van der Waals surface area contributed by atoms with E-state index in [1.807, 2.05) is 51.1 Å². The number of halogens is 1. The summed E-state index contributed by atoms with van der Waals surface area (Å²) in [7, 11) is 0. The van der Waals surface area contributed by atoms with Gasteiger partial charge in [0.2, 0.25) is 0 Å². The Morgan fingerprint density at radius 3 is 2.59 bits per heavy atom. The molecule has 2 aromatic rings. The first-order valence-electron chi connectivity index (χ1n) is 8.57. The fraction of sp³-hybridized carbons (Fsp3) is 0.238. The Bertz CT molecular complexity index is 901. The second kappa shape index (κ2) is 9.97. The number of carbonyl (C=O) groups excluding carboxylic acids is 1. The molecule has 0 atom stereocenters. The van der Waals surface area contributed by atoms with Crippen LogP contribution in [0, 0.1) is 21.8 Å². The van der Waals surface area contributed by atoms with Crippen molar-refractivity contribution in [1.29, 1.82) is 5.26 Å². The number of benzene rings is 2. The summed E-state index contributed by atoms with van der Waals surface area (Å²) in [6.07, 6.45) is 1.55. The average molecular weight is 476 g/mol. The normalized spacial score (nSPS) is 10.9. The summed E-state index contributed by atoms with van der Waals surface area (Å²) >= 11 is 2.16. The number of rotatable bonds is 7. The van der Waals surface area contributed by atoms with Gasteiger partial charge in [0, 0.05) is 5.69 Å². The van der Waals surface area contributed by atoms with Crippen molar-refractivity contribution in [2.45, 2.75) is 20.8 Å². The smallest absolute Gasteiger partial charge is 0.266 e. The van der Waals surface area contributed by atoms with Gasteiger partial charge in [0.25, 0.3) is 5.91 Å². The second-order valence-electron chi connectivity index (χ2n) is 5.69. The van der Waals surface area contributed by atoms with Crippen LogP contribution in [0.25, 0.3) is 6.08 Å². The van der Waals surface area contributed by atoms with E-state index < -0.39 is 5.91 Å². The van der Waals surface area contributed by atoms with Crippen LogP contribution < -0.4 is 14.8 Å². The number of anilines is 1. The fourth-order valence-electron chi connectivity index (χ4n) is 2.46. The van der Waals surface area contributed by atoms with E-state index in [0.717, 1.165) is 9.13 Å². The van der Waals surface area contributed by atoms with Gasteiger partial charge in [0.1, 0.15) is 11.6 Å². The second-order valence-corrected chi connectivity index (χ2v) is 6.85. The van der Waals surface area contributed by atoms with E-state index in [4.69, 9.17) is 9.47 Å². The Balaban J connectivity index is 2.33. The van der Waals surface area contributed by atoms with E-state index in [1.165, 1.54) is 0 Å². The third-order valence-corrected chi connectivity index (χ3v) is 4.37. The minimum Gasteiger partial charge on any atom is -0.490 e. The first-order chi connectivity index (χ1) is 13.0. The number of amides is 1. The highest BCUT2D eigenvalue weighted by Gasteiger charge is 2.14. The fourth-order valence-corrected chi connectivity index (χ4v) is 3.24. The van der Waals surface area contributed by atoms with Gasteiger partial charge in [0.15, 0.2) is 11.5 Å². The van der Waals surface area contributed by atoms with Crippen molar-refractivity contribution in [3.63, 3.8) is 0 Å². The van der Waals surface area contributed by atoms with Crippen LogP contribution >= 0.6 is 22.6 Å². The number of nitriles is 1. The lowest BCUT2D eigenvalue weighted by atomic mass is 10.1. The van der Waals surface area contributed by atoms with E-state index in [2.05, 4.69) is 27.9 Å². The van der Waals surface area contributed by atoms with Crippen molar-refractivity contribution in [1.82, 2.24) is 0 Å². The highest BCUT2D eigenvalue weighted by atomic mass is 127. The molecule has 0 radical (unpaired) electrons. The number of nitrogens with zero attached hydrogens (tertiary/aromatic N) is 1. The molecular weight excluding hydrogens is 455 g/mol. The molecule has 2 aromatic carbocycles. The van der Waals surface area contributed by atoms with Crippen LogP contribution in [0.1, 0.15) is 25.0 Å². The highest BCUT2D eigenvalue weighted by molar-refractivity contribution is 14.1. The molecule has 0 aliphatic carbocycles. The number of hydrogen-bond donors (Lipinski definition) is 1. The summed E-state index contributed by atoms with van der Waals surface area (Å²) < 4.78 is 12.1. The SMILES string of the molecule is CCOc1cc(/C=C(/C#N)C(=O)Nc2cccc(C)c2)cc(I)c1OCC. The van der Waals surface area contributed by atoms with Crippen LogP contribution in [-0.2, 0) is 4.79 Å². The summed E-state index contributed by atoms with van der Waals surface area (Å²) in [6, 6.07) is 13.0. The molecule has 140 valence electrons. The van der Waals surface area contributed by atoms with Crippen LogP contribution in [0.2, 0.25) is 0 Å². The molecule has 0 saturated heterocycles. The van der Waals surface area contributed by atoms with Crippen molar-refractivity contribution in [3.05, 3.63) is 56.7 Å². The van der Waals surface area contributed by atoms with Crippen LogP contribution in [0.3, 0.4) is 0 Å². The maximum Gasteiger partial charge on any atom is 0.266 e. The Morgan fingerprint density at radius 1 is 1.22 bits per heavy atom. The molecule has 2 rings (SSSR count). The Kier molecular flexibility index (Phi) is 7.67. The molecule has 0 saturated carbocycles. The molecular formula is C21H21IN2O3. The van der Waals surface area contributed by atoms with E-state index >= 15 is 0 Å². The third-order valence-electron chi connectivity index (χ3n) is 3.57. The monoisotopic (exact) mass is 476 g/mol. The van der Waals surface area contributed by atoms with Gasteiger partial charge in [0.05, 0.1) is 16.8 Å². The van der Waals surface area contributed by atoms with E-state index in [9.17, 15) is 10.1 Å². The van der Waals surface area contributed by atoms with Gasteiger partial charge in [-0.05, 0) is 84.8 Å². The average Bonchev–Trinajstić information content (AvgIpc) is 2.62. The predicted molar refractivity (Wildman–Crippen MR) is 115 cm³/mol. The summed E-state index contributed by atoms with van der Waals surface area (Å²) in [5.74, 6) is 0.804. The number of aryl methyl sites for hydroxylation is 1. The topological polar surface area (TPSA) is 71.3 Å². The predicted octanol–water partition coefficient (Wildman–Crippen LogP) is 4.94. The minimum absolute atomic E-state index is 0.0129. The zero-order valence-electron chi connectivity index (χ0n) is 15.5. The zero-order chi connectivity index (χ0) is 19.8. The van der Waals surface area contributed by atoms with Gasteiger partial charge in [-0.1, -0.05) is 12.1 Å². The Hall–Kier alpha value is -2.53. The Morgan fingerprint density at radius 2 is 1.96 bits per heavy atom. The summed E-state index contributed by atoms with van der Waals surface area (Å²) in [5, 5.41) is 12.2. The van der Waals surface area contributed by atoms with E-state index in [1.54, 1.807) is 18.2 Å². The molecule has 1 N–H and O–H groups in total. The van der Waals surface area contributed by atoms with Gasteiger partial charge in [-0.3, -0.25) is 4.79 Å². The van der Waals surface area contributed by atoms with Crippen LogP contribution in [0.5, 0.6) is 11.5 Å². The molecule has 0 fully saturated rings. The lowest BCUT2D eigenvalue weighted by Crippen LogP contribution is -2.13. The van der Waals surface area contributed by atoms with Crippen LogP contribution in [0.15, 0.2) is 42.0 Å². The summed E-state index contributed by atoms with van der Waals surface area (Å²) in [5.41, 5.74) is 2.39. The van der Waals surface area contributed by atoms with Gasteiger partial charge in [-0.15, -0.1) is 0 Å². The van der Waals surface area contributed by atoms with Crippen molar-refractivity contribution >= 4 is 40.3 Å². The van der Waals surface area contributed by atoms with Crippen molar-refractivity contribution < 1.29 is 14.3 Å². The van der Waals surface area contributed by atoms with Gasteiger partial charge < -0.3 is 14.8 Å². The van der Waals surface area contributed by atoms with E-state index in [0.29, 0.717) is 36.0 Å². The molecule has 0 heterocycles. The first kappa shape index (κ1) is 20.8. The first-order valence-corrected chi connectivity index (χ1v) is 9.65. The van der Waals surface area contributed by atoms with Crippen LogP contribution in [0.4, 0.5) is 5.69 Å². The molecule has 0 aliphatic rings. The third kappa shape index (κ3) is 5.73. The molecule has 6 heteroatoms. The lowest BCUT2D eigenvalue weighted by Gasteiger charge is -2.13.